The number of carbonyl (C=O) groups is 3. The molecule has 0 bridgehead atoms. The van der Waals surface area contributed by atoms with E-state index in [9.17, 15) is 19.6 Å². The summed E-state index contributed by atoms with van der Waals surface area (Å²) in [5.74, 6) is -0.383. The Bertz CT molecular complexity index is 1080. The Morgan fingerprint density at radius 3 is 2.52 bits per heavy atom. The lowest BCUT2D eigenvalue weighted by Gasteiger charge is -2.39. The maximum absolute atomic E-state index is 13.5. The van der Waals surface area contributed by atoms with Gasteiger partial charge in [0, 0.05) is 12.6 Å². The summed E-state index contributed by atoms with van der Waals surface area (Å²) in [5.41, 5.74) is 1.15. The standard InChI is InChI=1S/C26H29N3O4/c1-18(20-11-7-12-20)27(16-19-8-3-2-4-9-19)23(30)17-28-24(31)26(29(33)25(28)32)15-14-21-10-5-6-13-22(21)26/h2-6,8-10,13,18,20,33H,7,11-12,14-17H2,1H3/t18-,26?/m0/s1. The van der Waals surface area contributed by atoms with E-state index in [1.54, 1.807) is 17.0 Å². The highest BCUT2D eigenvalue weighted by Gasteiger charge is 2.61. The molecular weight excluding hydrogens is 418 g/mol. The Balaban J connectivity index is 1.40. The lowest BCUT2D eigenvalue weighted by molar-refractivity contribution is -0.151. The number of benzene rings is 2. The summed E-state index contributed by atoms with van der Waals surface area (Å²) in [7, 11) is 0. The number of amides is 4. The molecule has 1 heterocycles. The number of carbonyl (C=O) groups excluding carboxylic acids is 3. The fraction of sp³-hybridized carbons (Fsp3) is 0.423. The van der Waals surface area contributed by atoms with E-state index in [1.165, 1.54) is 0 Å². The quantitative estimate of drug-likeness (QED) is 0.541. The van der Waals surface area contributed by atoms with E-state index in [-0.39, 0.29) is 18.5 Å². The van der Waals surface area contributed by atoms with Gasteiger partial charge in [0.2, 0.25) is 5.91 Å². The lowest BCUT2D eigenvalue weighted by atomic mass is 9.79. The topological polar surface area (TPSA) is 81.2 Å². The number of fused-ring (bicyclic) bond motifs is 2. The van der Waals surface area contributed by atoms with Crippen LogP contribution < -0.4 is 0 Å². The van der Waals surface area contributed by atoms with Gasteiger partial charge in [0.1, 0.15) is 6.54 Å². The molecule has 1 aliphatic heterocycles. The molecule has 2 aromatic carbocycles. The van der Waals surface area contributed by atoms with Gasteiger partial charge in [-0.15, -0.1) is 0 Å². The summed E-state index contributed by atoms with van der Waals surface area (Å²) in [5, 5.41) is 11.3. The molecule has 1 saturated heterocycles. The summed E-state index contributed by atoms with van der Waals surface area (Å²) >= 11 is 0. The molecule has 7 nitrogen and oxygen atoms in total. The van der Waals surface area contributed by atoms with Crippen LogP contribution in [0.4, 0.5) is 4.79 Å². The lowest BCUT2D eigenvalue weighted by Crippen LogP contribution is -2.49. The van der Waals surface area contributed by atoms with Gasteiger partial charge in [-0.3, -0.25) is 19.7 Å². The number of rotatable bonds is 6. The van der Waals surface area contributed by atoms with Crippen molar-refractivity contribution in [3.05, 3.63) is 71.3 Å². The third kappa shape index (κ3) is 3.42. The highest BCUT2D eigenvalue weighted by atomic mass is 16.5. The number of hydrogen-bond donors (Lipinski definition) is 1. The summed E-state index contributed by atoms with van der Waals surface area (Å²) < 4.78 is 0. The van der Waals surface area contributed by atoms with Crippen molar-refractivity contribution < 1.29 is 19.6 Å². The monoisotopic (exact) mass is 447 g/mol. The number of urea groups is 1. The van der Waals surface area contributed by atoms with Gasteiger partial charge >= 0.3 is 6.03 Å². The third-order valence-electron chi connectivity index (χ3n) is 7.72. The molecule has 1 unspecified atom stereocenters. The fourth-order valence-electron chi connectivity index (χ4n) is 5.49. The van der Waals surface area contributed by atoms with Crippen LogP contribution in [0.3, 0.4) is 0 Å². The molecule has 1 saturated carbocycles. The Morgan fingerprint density at radius 2 is 1.82 bits per heavy atom. The molecule has 33 heavy (non-hydrogen) atoms. The molecule has 1 N–H and O–H groups in total. The van der Waals surface area contributed by atoms with Crippen molar-refractivity contribution in [2.24, 2.45) is 5.92 Å². The second kappa shape index (κ2) is 8.30. The summed E-state index contributed by atoms with van der Waals surface area (Å²) in [4.78, 5) is 42.7. The predicted molar refractivity (Wildman–Crippen MR) is 121 cm³/mol. The Labute approximate surface area is 193 Å². The maximum atomic E-state index is 13.5. The molecule has 0 radical (unpaired) electrons. The smallest absolute Gasteiger partial charge is 0.334 e. The molecule has 2 atom stereocenters. The van der Waals surface area contributed by atoms with E-state index < -0.39 is 17.5 Å². The van der Waals surface area contributed by atoms with Crippen molar-refractivity contribution in [3.8, 4) is 0 Å². The summed E-state index contributed by atoms with van der Waals surface area (Å²) in [6.07, 6.45) is 4.21. The molecule has 0 aromatic heterocycles. The van der Waals surface area contributed by atoms with Crippen LogP contribution in [0.15, 0.2) is 54.6 Å². The van der Waals surface area contributed by atoms with Gasteiger partial charge in [-0.2, -0.15) is 5.06 Å². The van der Waals surface area contributed by atoms with Gasteiger partial charge in [-0.05, 0) is 55.2 Å². The van der Waals surface area contributed by atoms with E-state index in [2.05, 4.69) is 0 Å². The van der Waals surface area contributed by atoms with Crippen molar-refractivity contribution in [1.82, 2.24) is 14.9 Å². The molecule has 7 heteroatoms. The van der Waals surface area contributed by atoms with Gasteiger partial charge in [-0.25, -0.2) is 4.79 Å². The highest BCUT2D eigenvalue weighted by molar-refractivity contribution is 6.09. The van der Waals surface area contributed by atoms with Crippen LogP contribution in [-0.4, -0.2) is 50.5 Å². The van der Waals surface area contributed by atoms with Crippen LogP contribution in [0, 0.1) is 5.92 Å². The molecular formula is C26H29N3O4. The number of imide groups is 1. The van der Waals surface area contributed by atoms with Crippen molar-refractivity contribution in [2.75, 3.05) is 6.54 Å². The van der Waals surface area contributed by atoms with Crippen LogP contribution in [0.1, 0.15) is 49.3 Å². The van der Waals surface area contributed by atoms with Crippen LogP contribution in [0.5, 0.6) is 0 Å². The van der Waals surface area contributed by atoms with Gasteiger partial charge in [0.25, 0.3) is 5.91 Å². The fourth-order valence-corrected chi connectivity index (χ4v) is 5.49. The van der Waals surface area contributed by atoms with Gasteiger partial charge < -0.3 is 4.90 Å². The summed E-state index contributed by atoms with van der Waals surface area (Å²) in [6.45, 7) is 2.10. The first-order chi connectivity index (χ1) is 15.9. The van der Waals surface area contributed by atoms with Crippen LogP contribution in [0.25, 0.3) is 0 Å². The number of hydroxylamine groups is 2. The maximum Gasteiger partial charge on any atom is 0.352 e. The van der Waals surface area contributed by atoms with Gasteiger partial charge in [-0.1, -0.05) is 61.0 Å². The van der Waals surface area contributed by atoms with Crippen LogP contribution >= 0.6 is 0 Å². The zero-order valence-electron chi connectivity index (χ0n) is 18.8. The number of nitrogens with zero attached hydrogens (tertiary/aromatic N) is 3. The molecule has 1 spiro atoms. The molecule has 2 aromatic rings. The first kappa shape index (κ1) is 21.6. The first-order valence-corrected chi connectivity index (χ1v) is 11.7. The normalized spacial score (nSPS) is 23.1. The number of aryl methyl sites for hydroxylation is 1. The molecule has 2 fully saturated rings. The molecule has 172 valence electrons. The number of hydrogen-bond acceptors (Lipinski definition) is 4. The molecule has 4 amide bonds. The minimum atomic E-state index is -1.43. The molecule has 2 aliphatic carbocycles. The second-order valence-corrected chi connectivity index (χ2v) is 9.44. The Hall–Kier alpha value is -3.19. The average molecular weight is 448 g/mol. The largest absolute Gasteiger partial charge is 0.352 e. The third-order valence-corrected chi connectivity index (χ3v) is 7.72. The van der Waals surface area contributed by atoms with Crippen LogP contribution in [-0.2, 0) is 28.1 Å². The van der Waals surface area contributed by atoms with E-state index in [1.807, 2.05) is 49.4 Å². The highest BCUT2D eigenvalue weighted by Crippen LogP contribution is 2.46. The van der Waals surface area contributed by atoms with Crippen molar-refractivity contribution in [2.45, 2.75) is 57.2 Å². The van der Waals surface area contributed by atoms with E-state index in [0.717, 1.165) is 35.3 Å². The van der Waals surface area contributed by atoms with Gasteiger partial charge in [0.05, 0.1) is 0 Å². The second-order valence-electron chi connectivity index (χ2n) is 9.44. The SMILES string of the molecule is C[C@@H](C1CCC1)N(Cc1ccccc1)C(=O)CN1C(=O)N(O)C2(CCc3ccccc32)C1=O. The summed E-state index contributed by atoms with van der Waals surface area (Å²) in [6, 6.07) is 16.3. The van der Waals surface area contributed by atoms with Crippen LogP contribution in [0.2, 0.25) is 0 Å². The Kier molecular flexibility index (Phi) is 5.44. The average Bonchev–Trinajstić information content (AvgIpc) is 3.26. The Morgan fingerprint density at radius 1 is 1.12 bits per heavy atom. The molecule has 5 rings (SSSR count). The first-order valence-electron chi connectivity index (χ1n) is 11.7. The minimum absolute atomic E-state index is 0.00524. The predicted octanol–water partition coefficient (Wildman–Crippen LogP) is 3.70. The van der Waals surface area contributed by atoms with E-state index >= 15 is 0 Å². The molecule has 3 aliphatic rings. The van der Waals surface area contributed by atoms with Crippen molar-refractivity contribution in [1.29, 1.82) is 0 Å². The zero-order chi connectivity index (χ0) is 23.2. The van der Waals surface area contributed by atoms with Crippen molar-refractivity contribution in [3.63, 3.8) is 0 Å². The van der Waals surface area contributed by atoms with Gasteiger partial charge in [0.15, 0.2) is 5.54 Å². The zero-order valence-corrected chi connectivity index (χ0v) is 18.8. The minimum Gasteiger partial charge on any atom is -0.334 e. The van der Waals surface area contributed by atoms with E-state index in [0.29, 0.717) is 35.9 Å². The van der Waals surface area contributed by atoms with E-state index in [4.69, 9.17) is 0 Å². The van der Waals surface area contributed by atoms with Crippen molar-refractivity contribution >= 4 is 17.8 Å².